The van der Waals surface area contributed by atoms with E-state index < -0.39 is 50.8 Å². The first kappa shape index (κ1) is 25.5. The van der Waals surface area contributed by atoms with Crippen LogP contribution < -0.4 is 5.32 Å². The predicted molar refractivity (Wildman–Crippen MR) is 110 cm³/mol. The second-order valence-electron chi connectivity index (χ2n) is 8.16. The monoisotopic (exact) mass is 531 g/mol. The molecule has 0 radical (unpaired) electrons. The molecule has 0 aromatic carbocycles. The maximum Gasteiger partial charge on any atom is 0.426 e. The van der Waals surface area contributed by atoms with Crippen molar-refractivity contribution in [3.63, 3.8) is 0 Å². The number of hydrogen-bond acceptors (Lipinski definition) is 9. The number of rotatable bonds is 7. The Balaban J connectivity index is 1.55. The molecule has 34 heavy (non-hydrogen) atoms. The predicted octanol–water partition coefficient (Wildman–Crippen LogP) is 1.54. The Kier molecular flexibility index (Phi) is 7.10. The lowest BCUT2D eigenvalue weighted by molar-refractivity contribution is -0.206. The zero-order valence-electron chi connectivity index (χ0n) is 17.3. The molecule has 5 atom stereocenters. The zero-order chi connectivity index (χ0) is 24.8. The number of anilines is 1. The van der Waals surface area contributed by atoms with Crippen LogP contribution in [0.25, 0.3) is 11.0 Å². The van der Waals surface area contributed by atoms with Crippen molar-refractivity contribution in [3.8, 4) is 0 Å². The van der Waals surface area contributed by atoms with Gasteiger partial charge >= 0.3 is 13.8 Å². The van der Waals surface area contributed by atoms with Crippen LogP contribution >= 0.6 is 19.2 Å². The van der Waals surface area contributed by atoms with Crippen LogP contribution in [-0.2, 0) is 14.0 Å². The molecule has 2 fully saturated rings. The van der Waals surface area contributed by atoms with E-state index in [1.54, 1.807) is 0 Å². The Morgan fingerprint density at radius 1 is 1.26 bits per heavy atom. The summed E-state index contributed by atoms with van der Waals surface area (Å²) in [5.41, 5.74) is 0.140. The summed E-state index contributed by atoms with van der Waals surface area (Å²) in [6.45, 7) is -1.06. The maximum absolute atomic E-state index is 12.9. The summed E-state index contributed by atoms with van der Waals surface area (Å²) in [5.74, 6) is -3.00. The van der Waals surface area contributed by atoms with E-state index in [9.17, 15) is 27.9 Å². The van der Waals surface area contributed by atoms with Crippen LogP contribution in [0.3, 0.4) is 0 Å². The molecule has 0 spiro atoms. The number of alkyl halides is 3. The minimum atomic E-state index is -5.71. The summed E-state index contributed by atoms with van der Waals surface area (Å²) in [5, 5.41) is 28.4. The molecule has 2 aliphatic rings. The topological polar surface area (TPSA) is 172 Å². The van der Waals surface area contributed by atoms with Gasteiger partial charge in [-0.1, -0.05) is 12.8 Å². The summed E-state index contributed by atoms with van der Waals surface area (Å²) in [6, 6.07) is 0.185. The summed E-state index contributed by atoms with van der Waals surface area (Å²) >= 11 is 6.05. The molecule has 5 N–H and O–H groups in total. The summed E-state index contributed by atoms with van der Waals surface area (Å²) in [7, 11) is -5.71. The molecule has 2 aromatic heterocycles. The Hall–Kier alpha value is -1.58. The Labute approximate surface area is 195 Å². The third-order valence-corrected chi connectivity index (χ3v) is 6.93. The van der Waals surface area contributed by atoms with Crippen molar-refractivity contribution in [2.45, 2.75) is 68.3 Å². The zero-order valence-corrected chi connectivity index (χ0v) is 19.0. The summed E-state index contributed by atoms with van der Waals surface area (Å²) < 4.78 is 60.9. The van der Waals surface area contributed by atoms with Gasteiger partial charge in [0.2, 0.25) is 5.28 Å². The van der Waals surface area contributed by atoms with E-state index >= 15 is 0 Å². The van der Waals surface area contributed by atoms with E-state index in [1.165, 1.54) is 6.20 Å². The molecule has 1 saturated carbocycles. The number of nitrogens with zero attached hydrogens (tertiary/aromatic N) is 4. The van der Waals surface area contributed by atoms with Crippen LogP contribution in [0.2, 0.25) is 5.28 Å². The molecule has 1 aliphatic heterocycles. The maximum atomic E-state index is 12.9. The normalized spacial score (nSPS) is 27.5. The van der Waals surface area contributed by atoms with Gasteiger partial charge in [0.25, 0.3) is 5.85 Å². The van der Waals surface area contributed by atoms with Crippen molar-refractivity contribution >= 4 is 36.0 Å². The number of hydrogen-bond donors (Lipinski definition) is 5. The second-order valence-corrected chi connectivity index (χ2v) is 10.1. The number of halogens is 4. The van der Waals surface area contributed by atoms with E-state index in [2.05, 4.69) is 25.1 Å². The number of ether oxygens (including phenoxy) is 2. The minimum absolute atomic E-state index is 0.127. The van der Waals surface area contributed by atoms with E-state index in [0.717, 1.165) is 30.4 Å². The van der Waals surface area contributed by atoms with Crippen LogP contribution in [0.4, 0.5) is 19.0 Å². The molecule has 1 aliphatic carbocycles. The first-order valence-corrected chi connectivity index (χ1v) is 12.3. The van der Waals surface area contributed by atoms with Gasteiger partial charge in [-0.15, -0.1) is 0 Å². The number of nitrogens with one attached hydrogen (secondary N) is 1. The van der Waals surface area contributed by atoms with Crippen molar-refractivity contribution in [1.82, 2.24) is 19.7 Å². The molecule has 4 rings (SSSR count). The molecular weight excluding hydrogens is 510 g/mol. The van der Waals surface area contributed by atoms with Crippen LogP contribution in [-0.4, -0.2) is 82.7 Å². The van der Waals surface area contributed by atoms with Gasteiger partial charge in [0.05, 0.1) is 18.2 Å². The van der Waals surface area contributed by atoms with E-state index in [4.69, 9.17) is 26.1 Å². The number of aliphatic hydroxyl groups excluding tert-OH is 2. The highest BCUT2D eigenvalue weighted by molar-refractivity contribution is 7.52. The Bertz CT molecular complexity index is 1080. The molecule has 0 bridgehead atoms. The lowest BCUT2D eigenvalue weighted by atomic mass is 10.1. The van der Waals surface area contributed by atoms with Crippen molar-refractivity contribution in [1.29, 1.82) is 0 Å². The largest absolute Gasteiger partial charge is 0.426 e. The average Bonchev–Trinajstić information content (AvgIpc) is 3.42. The van der Waals surface area contributed by atoms with E-state index in [0.29, 0.717) is 11.2 Å². The molecule has 190 valence electrons. The van der Waals surface area contributed by atoms with Crippen LogP contribution in [0, 0.1) is 0 Å². The summed E-state index contributed by atoms with van der Waals surface area (Å²) in [4.78, 5) is 26.2. The fraction of sp³-hybridized carbons (Fsp3) is 0.706. The van der Waals surface area contributed by atoms with Crippen molar-refractivity contribution < 1.29 is 47.2 Å². The fourth-order valence-electron chi connectivity index (χ4n) is 4.10. The molecule has 12 nitrogen and oxygen atoms in total. The lowest BCUT2D eigenvalue weighted by Crippen LogP contribution is -2.38. The molecule has 0 amide bonds. The van der Waals surface area contributed by atoms with Gasteiger partial charge in [0, 0.05) is 6.04 Å². The number of aromatic nitrogens is 4. The average molecular weight is 532 g/mol. The smallest absolute Gasteiger partial charge is 0.387 e. The van der Waals surface area contributed by atoms with Crippen molar-refractivity contribution in [2.75, 3.05) is 11.9 Å². The van der Waals surface area contributed by atoms with Crippen LogP contribution in [0.5, 0.6) is 0 Å². The van der Waals surface area contributed by atoms with Crippen molar-refractivity contribution in [3.05, 3.63) is 11.5 Å². The SMILES string of the molecule is O=P(O)(O)C(OCC1O[C@@H](n2ncc3c(NC4CCCC4)nc(Cl)nc32)[C@H](O)[C@@H]1O)C(F)(F)F. The van der Waals surface area contributed by atoms with E-state index in [-0.39, 0.29) is 17.0 Å². The van der Waals surface area contributed by atoms with Crippen LogP contribution in [0.15, 0.2) is 6.20 Å². The molecular formula is C17H22ClF3N5O7P. The molecule has 2 unspecified atom stereocenters. The van der Waals surface area contributed by atoms with Crippen LogP contribution in [0.1, 0.15) is 31.9 Å². The van der Waals surface area contributed by atoms with Gasteiger partial charge in [-0.05, 0) is 24.4 Å². The molecule has 17 heteroatoms. The highest BCUT2D eigenvalue weighted by atomic mass is 35.5. The highest BCUT2D eigenvalue weighted by Gasteiger charge is 2.53. The standard InChI is InChI=1S/C17H22ClF3N5O7P/c18-16-24-12(23-7-3-1-2-4-7)8-5-22-26(13(8)25-16)14-11(28)10(27)9(33-14)6-32-15(17(19,20)21)34(29,30)31/h5,7,9-11,14-15,27-28H,1-4,6H2,(H,23,24,25)(H2,29,30,31)/t9?,10-,11-,14-,15?/m1/s1. The lowest BCUT2D eigenvalue weighted by Gasteiger charge is -2.23. The van der Waals surface area contributed by atoms with Gasteiger partial charge in [-0.3, -0.25) is 4.57 Å². The Morgan fingerprint density at radius 3 is 2.56 bits per heavy atom. The number of fused-ring (bicyclic) bond motifs is 1. The highest BCUT2D eigenvalue weighted by Crippen LogP contribution is 2.50. The third kappa shape index (κ3) is 5.16. The van der Waals surface area contributed by atoms with Gasteiger partial charge in [0.15, 0.2) is 11.9 Å². The number of aliphatic hydroxyl groups is 2. The van der Waals surface area contributed by atoms with Gasteiger partial charge < -0.3 is 34.8 Å². The second kappa shape index (κ2) is 9.47. The third-order valence-electron chi connectivity index (χ3n) is 5.70. The first-order chi connectivity index (χ1) is 15.9. The minimum Gasteiger partial charge on any atom is -0.387 e. The van der Waals surface area contributed by atoms with Gasteiger partial charge in [-0.2, -0.15) is 28.2 Å². The Morgan fingerprint density at radius 2 is 1.94 bits per heavy atom. The van der Waals surface area contributed by atoms with Gasteiger partial charge in [-0.25, -0.2) is 4.68 Å². The summed E-state index contributed by atoms with van der Waals surface area (Å²) in [6.07, 6.45) is -6.31. The van der Waals surface area contributed by atoms with Crippen molar-refractivity contribution in [2.24, 2.45) is 0 Å². The first-order valence-electron chi connectivity index (χ1n) is 10.3. The van der Waals surface area contributed by atoms with Gasteiger partial charge in [0.1, 0.15) is 24.1 Å². The molecule has 3 heterocycles. The quantitative estimate of drug-likeness (QED) is 0.259. The molecule has 1 saturated heterocycles. The molecule has 2 aromatic rings. The van der Waals surface area contributed by atoms with E-state index in [1.807, 2.05) is 0 Å². The fourth-order valence-corrected chi connectivity index (χ4v) is 4.92.